The third kappa shape index (κ3) is 3.17. The van der Waals surface area contributed by atoms with Gasteiger partial charge < -0.3 is 4.90 Å². The molecule has 1 aliphatic heterocycles. The summed E-state index contributed by atoms with van der Waals surface area (Å²) in [6, 6.07) is 7.26. The van der Waals surface area contributed by atoms with Gasteiger partial charge in [0.25, 0.3) is 5.91 Å². The second-order valence-electron chi connectivity index (χ2n) is 7.14. The predicted octanol–water partition coefficient (Wildman–Crippen LogP) is 3.31. The number of hydrogen-bond acceptors (Lipinski definition) is 2. The van der Waals surface area contributed by atoms with E-state index < -0.39 is 0 Å². The van der Waals surface area contributed by atoms with Gasteiger partial charge in [-0.15, -0.1) is 0 Å². The number of carbonyl (C=O) groups excluding carboxylic acids is 1. The molecule has 2 aliphatic carbocycles. The van der Waals surface area contributed by atoms with Crippen molar-refractivity contribution in [2.45, 2.75) is 12.8 Å². The Hall–Kier alpha value is -1.32. The van der Waals surface area contributed by atoms with Crippen LogP contribution in [-0.2, 0) is 0 Å². The van der Waals surface area contributed by atoms with Crippen LogP contribution in [0.5, 0.6) is 0 Å². The van der Waals surface area contributed by atoms with Gasteiger partial charge in [0.05, 0.1) is 0 Å². The minimum absolute atomic E-state index is 0.106. The van der Waals surface area contributed by atoms with Crippen molar-refractivity contribution in [3.8, 4) is 0 Å². The van der Waals surface area contributed by atoms with Gasteiger partial charge in [0, 0.05) is 43.3 Å². The van der Waals surface area contributed by atoms with Gasteiger partial charge in [-0.1, -0.05) is 29.8 Å². The van der Waals surface area contributed by atoms with E-state index in [9.17, 15) is 4.79 Å². The molecule has 1 heterocycles. The van der Waals surface area contributed by atoms with Crippen LogP contribution >= 0.6 is 11.6 Å². The number of nitrogens with zero attached hydrogens (tertiary/aromatic N) is 2. The van der Waals surface area contributed by atoms with Crippen LogP contribution in [0.3, 0.4) is 0 Å². The van der Waals surface area contributed by atoms with E-state index in [-0.39, 0.29) is 5.91 Å². The first-order chi connectivity index (χ1) is 11.2. The number of rotatable bonds is 3. The summed E-state index contributed by atoms with van der Waals surface area (Å²) in [7, 11) is 0. The topological polar surface area (TPSA) is 23.6 Å². The van der Waals surface area contributed by atoms with Gasteiger partial charge in [-0.3, -0.25) is 9.69 Å². The number of benzene rings is 1. The van der Waals surface area contributed by atoms with Gasteiger partial charge in [0.15, 0.2) is 0 Å². The first-order valence-electron chi connectivity index (χ1n) is 8.64. The second-order valence-corrected chi connectivity index (χ2v) is 7.58. The van der Waals surface area contributed by atoms with Crippen molar-refractivity contribution in [3.05, 3.63) is 47.0 Å². The molecule has 0 spiro atoms. The van der Waals surface area contributed by atoms with Crippen molar-refractivity contribution in [2.75, 3.05) is 32.7 Å². The molecule has 23 heavy (non-hydrogen) atoms. The fourth-order valence-corrected chi connectivity index (χ4v) is 4.56. The van der Waals surface area contributed by atoms with Gasteiger partial charge in [0.2, 0.25) is 0 Å². The maximum absolute atomic E-state index is 12.5. The molecule has 2 fully saturated rings. The zero-order valence-corrected chi connectivity index (χ0v) is 14.1. The van der Waals surface area contributed by atoms with Gasteiger partial charge in [-0.05, 0) is 48.8 Å². The van der Waals surface area contributed by atoms with Crippen LogP contribution < -0.4 is 0 Å². The smallest absolute Gasteiger partial charge is 0.253 e. The Balaban J connectivity index is 1.30. The molecule has 4 heteroatoms. The van der Waals surface area contributed by atoms with Crippen LogP contribution in [-0.4, -0.2) is 48.4 Å². The zero-order valence-electron chi connectivity index (χ0n) is 13.3. The van der Waals surface area contributed by atoms with Crippen LogP contribution in [0, 0.1) is 17.8 Å². The highest BCUT2D eigenvalue weighted by Crippen LogP contribution is 2.43. The van der Waals surface area contributed by atoms with Crippen molar-refractivity contribution in [1.82, 2.24) is 9.80 Å². The largest absolute Gasteiger partial charge is 0.336 e. The first kappa shape index (κ1) is 15.2. The normalized spacial score (nSPS) is 30.1. The second kappa shape index (κ2) is 6.29. The summed E-state index contributed by atoms with van der Waals surface area (Å²) in [5.41, 5.74) is 0.698. The molecule has 1 saturated carbocycles. The van der Waals surface area contributed by atoms with E-state index in [2.05, 4.69) is 17.1 Å². The Morgan fingerprint density at radius 3 is 2.61 bits per heavy atom. The SMILES string of the molecule is O=C(c1cccc(Cl)c1)N1CCN(CC2CC3C=CC2C3)CC1. The molecule has 3 unspecified atom stereocenters. The number of carbonyl (C=O) groups is 1. The van der Waals surface area contributed by atoms with E-state index in [0.717, 1.165) is 43.9 Å². The van der Waals surface area contributed by atoms with E-state index in [1.54, 1.807) is 12.1 Å². The van der Waals surface area contributed by atoms with Gasteiger partial charge in [0.1, 0.15) is 0 Å². The maximum Gasteiger partial charge on any atom is 0.253 e. The quantitative estimate of drug-likeness (QED) is 0.794. The number of halogens is 1. The molecule has 1 aromatic carbocycles. The van der Waals surface area contributed by atoms with E-state index in [1.807, 2.05) is 17.0 Å². The van der Waals surface area contributed by atoms with Crippen molar-refractivity contribution >= 4 is 17.5 Å². The summed E-state index contributed by atoms with van der Waals surface area (Å²) in [6.45, 7) is 4.82. The van der Waals surface area contributed by atoms with Crippen LogP contribution in [0.1, 0.15) is 23.2 Å². The van der Waals surface area contributed by atoms with Crippen molar-refractivity contribution < 1.29 is 4.79 Å². The number of allylic oxidation sites excluding steroid dienone is 2. The molecule has 122 valence electrons. The van der Waals surface area contributed by atoms with E-state index >= 15 is 0 Å². The number of hydrogen-bond donors (Lipinski definition) is 0. The third-order valence-electron chi connectivity index (χ3n) is 5.64. The number of amides is 1. The molecule has 0 N–H and O–H groups in total. The van der Waals surface area contributed by atoms with E-state index in [0.29, 0.717) is 10.6 Å². The lowest BCUT2D eigenvalue weighted by Gasteiger charge is -2.37. The molecule has 3 aliphatic rings. The zero-order chi connectivity index (χ0) is 15.8. The molecule has 1 aromatic rings. The van der Waals surface area contributed by atoms with Crippen molar-refractivity contribution in [3.63, 3.8) is 0 Å². The molecule has 1 saturated heterocycles. The molecule has 0 radical (unpaired) electrons. The molecular formula is C19H23ClN2O. The maximum atomic E-state index is 12.5. The summed E-state index contributed by atoms with van der Waals surface area (Å²) in [5.74, 6) is 2.59. The van der Waals surface area contributed by atoms with Gasteiger partial charge in [-0.25, -0.2) is 0 Å². The summed E-state index contributed by atoms with van der Waals surface area (Å²) in [4.78, 5) is 17.1. The van der Waals surface area contributed by atoms with Gasteiger partial charge >= 0.3 is 0 Å². The Morgan fingerprint density at radius 1 is 1.13 bits per heavy atom. The third-order valence-corrected chi connectivity index (χ3v) is 5.88. The molecule has 4 rings (SSSR count). The summed E-state index contributed by atoms with van der Waals surface area (Å²) >= 11 is 5.99. The Morgan fingerprint density at radius 2 is 1.96 bits per heavy atom. The van der Waals surface area contributed by atoms with Crippen molar-refractivity contribution in [2.24, 2.45) is 17.8 Å². The fraction of sp³-hybridized carbons (Fsp3) is 0.526. The molecular weight excluding hydrogens is 308 g/mol. The summed E-state index contributed by atoms with van der Waals surface area (Å²) in [6.07, 6.45) is 7.57. The highest BCUT2D eigenvalue weighted by molar-refractivity contribution is 6.30. The molecule has 0 aromatic heterocycles. The monoisotopic (exact) mass is 330 g/mol. The lowest BCUT2D eigenvalue weighted by atomic mass is 9.93. The fourth-order valence-electron chi connectivity index (χ4n) is 4.37. The standard InChI is InChI=1S/C19H23ClN2O/c20-18-3-1-2-16(12-18)19(23)22-8-6-21(7-9-22)13-17-11-14-4-5-15(17)10-14/h1-5,12,14-15,17H,6-11,13H2. The Bertz CT molecular complexity index is 622. The number of fused-ring (bicyclic) bond motifs is 2. The summed E-state index contributed by atoms with van der Waals surface area (Å²) < 4.78 is 0. The Labute approximate surface area is 142 Å². The highest BCUT2D eigenvalue weighted by atomic mass is 35.5. The average Bonchev–Trinajstić information content (AvgIpc) is 3.18. The molecule has 1 amide bonds. The van der Waals surface area contributed by atoms with E-state index in [1.165, 1.54) is 19.4 Å². The summed E-state index contributed by atoms with van der Waals surface area (Å²) in [5, 5.41) is 0.624. The van der Waals surface area contributed by atoms with Crippen molar-refractivity contribution in [1.29, 1.82) is 0 Å². The van der Waals surface area contributed by atoms with Gasteiger partial charge in [-0.2, -0.15) is 0 Å². The first-order valence-corrected chi connectivity index (χ1v) is 9.02. The minimum atomic E-state index is 0.106. The minimum Gasteiger partial charge on any atom is -0.336 e. The highest BCUT2D eigenvalue weighted by Gasteiger charge is 2.36. The van der Waals surface area contributed by atoms with Crippen LogP contribution in [0.25, 0.3) is 0 Å². The number of piperazine rings is 1. The van der Waals surface area contributed by atoms with Crippen LogP contribution in [0.4, 0.5) is 0 Å². The predicted molar refractivity (Wildman–Crippen MR) is 92.6 cm³/mol. The van der Waals surface area contributed by atoms with Crippen LogP contribution in [0.2, 0.25) is 5.02 Å². The Kier molecular flexibility index (Phi) is 4.16. The molecule has 3 atom stereocenters. The molecule has 3 nitrogen and oxygen atoms in total. The molecule has 2 bridgehead atoms. The van der Waals surface area contributed by atoms with Crippen LogP contribution in [0.15, 0.2) is 36.4 Å². The lowest BCUT2D eigenvalue weighted by Crippen LogP contribution is -2.50. The lowest BCUT2D eigenvalue weighted by molar-refractivity contribution is 0.0610. The average molecular weight is 331 g/mol. The van der Waals surface area contributed by atoms with E-state index in [4.69, 9.17) is 11.6 Å².